The van der Waals surface area contributed by atoms with Crippen LogP contribution in [0, 0.1) is 3.57 Å². The Morgan fingerprint density at radius 2 is 2.06 bits per heavy atom. The molecule has 0 aliphatic rings. The highest BCUT2D eigenvalue weighted by atomic mass is 127. The minimum atomic E-state index is 0. The minimum absolute atomic E-state index is 0. The van der Waals surface area contributed by atoms with E-state index in [4.69, 9.17) is 4.74 Å². The van der Waals surface area contributed by atoms with Crippen LogP contribution in [-0.4, -0.2) is 12.6 Å². The van der Waals surface area contributed by atoms with Crippen molar-refractivity contribution in [1.29, 1.82) is 0 Å². The van der Waals surface area contributed by atoms with Gasteiger partial charge < -0.3 is 10.1 Å². The molecular formula is C12H19ClINO. The van der Waals surface area contributed by atoms with Crippen molar-refractivity contribution < 1.29 is 4.74 Å². The Balaban J connectivity index is 0.00000225. The zero-order chi connectivity index (χ0) is 11.3. The number of benzene rings is 1. The fourth-order valence-electron chi connectivity index (χ4n) is 1.28. The number of hydrogen-bond acceptors (Lipinski definition) is 2. The van der Waals surface area contributed by atoms with Crippen LogP contribution in [0.1, 0.15) is 26.3 Å². The van der Waals surface area contributed by atoms with E-state index in [2.05, 4.69) is 60.0 Å². The number of halogens is 2. The molecule has 0 fully saturated rings. The molecule has 4 heteroatoms. The standard InChI is InChI=1S/C12H18INO.ClH/c1-4-15-12-7-11(13)6-5-10(12)8-14-9(2)3;/h5-7,9,14H,4,8H2,1-3H3;1H. The summed E-state index contributed by atoms with van der Waals surface area (Å²) < 4.78 is 6.82. The summed E-state index contributed by atoms with van der Waals surface area (Å²) in [6.45, 7) is 7.89. The van der Waals surface area contributed by atoms with Crippen LogP contribution in [0.4, 0.5) is 0 Å². The Kier molecular flexibility index (Phi) is 8.14. The lowest BCUT2D eigenvalue weighted by Crippen LogP contribution is -2.22. The zero-order valence-corrected chi connectivity index (χ0v) is 12.9. The molecule has 0 heterocycles. The Hall–Kier alpha value is -0.000000000000000111. The van der Waals surface area contributed by atoms with Crippen LogP contribution in [0.15, 0.2) is 18.2 Å². The number of rotatable bonds is 5. The molecular weight excluding hydrogens is 336 g/mol. The average Bonchev–Trinajstić information content (AvgIpc) is 2.17. The van der Waals surface area contributed by atoms with Gasteiger partial charge in [0.15, 0.2) is 0 Å². The summed E-state index contributed by atoms with van der Waals surface area (Å²) >= 11 is 2.30. The molecule has 0 aliphatic heterocycles. The van der Waals surface area contributed by atoms with Gasteiger partial charge in [-0.3, -0.25) is 0 Å². The first kappa shape index (κ1) is 16.0. The van der Waals surface area contributed by atoms with Gasteiger partial charge in [-0.15, -0.1) is 12.4 Å². The van der Waals surface area contributed by atoms with Crippen molar-refractivity contribution in [2.24, 2.45) is 0 Å². The van der Waals surface area contributed by atoms with Crippen LogP contribution < -0.4 is 10.1 Å². The smallest absolute Gasteiger partial charge is 0.124 e. The molecule has 0 bridgehead atoms. The van der Waals surface area contributed by atoms with Gasteiger partial charge in [0, 0.05) is 21.7 Å². The van der Waals surface area contributed by atoms with Crippen molar-refractivity contribution >= 4 is 35.0 Å². The van der Waals surface area contributed by atoms with Crippen LogP contribution in [0.2, 0.25) is 0 Å². The second-order valence-corrected chi connectivity index (χ2v) is 4.97. The topological polar surface area (TPSA) is 21.3 Å². The van der Waals surface area contributed by atoms with E-state index in [0.717, 1.165) is 18.9 Å². The van der Waals surface area contributed by atoms with Crippen molar-refractivity contribution in [3.63, 3.8) is 0 Å². The third-order valence-corrected chi connectivity index (χ3v) is 2.70. The Bertz CT molecular complexity index is 318. The summed E-state index contributed by atoms with van der Waals surface area (Å²) in [6, 6.07) is 6.82. The summed E-state index contributed by atoms with van der Waals surface area (Å²) in [7, 11) is 0. The van der Waals surface area contributed by atoms with Gasteiger partial charge in [-0.1, -0.05) is 19.9 Å². The molecule has 1 N–H and O–H groups in total. The van der Waals surface area contributed by atoms with Crippen molar-refractivity contribution in [3.05, 3.63) is 27.3 Å². The number of nitrogens with one attached hydrogen (secondary N) is 1. The highest BCUT2D eigenvalue weighted by Crippen LogP contribution is 2.21. The molecule has 1 rings (SSSR count). The van der Waals surface area contributed by atoms with Gasteiger partial charge in [-0.25, -0.2) is 0 Å². The summed E-state index contributed by atoms with van der Waals surface area (Å²) in [5, 5.41) is 3.40. The van der Waals surface area contributed by atoms with Gasteiger partial charge in [-0.05, 0) is 41.6 Å². The first-order valence-electron chi connectivity index (χ1n) is 5.28. The quantitative estimate of drug-likeness (QED) is 0.815. The predicted molar refractivity (Wildman–Crippen MR) is 79.6 cm³/mol. The van der Waals surface area contributed by atoms with Crippen molar-refractivity contribution in [3.8, 4) is 5.75 Å². The highest BCUT2D eigenvalue weighted by Gasteiger charge is 2.04. The first-order valence-corrected chi connectivity index (χ1v) is 6.36. The molecule has 0 atom stereocenters. The maximum atomic E-state index is 5.61. The normalized spacial score (nSPS) is 10.1. The molecule has 1 aromatic rings. The van der Waals surface area contributed by atoms with Gasteiger partial charge in [-0.2, -0.15) is 0 Å². The molecule has 0 saturated carbocycles. The minimum Gasteiger partial charge on any atom is -0.494 e. The molecule has 16 heavy (non-hydrogen) atoms. The lowest BCUT2D eigenvalue weighted by Gasteiger charge is -2.13. The van der Waals surface area contributed by atoms with Gasteiger partial charge in [0.1, 0.15) is 5.75 Å². The highest BCUT2D eigenvalue weighted by molar-refractivity contribution is 14.1. The summed E-state index contributed by atoms with van der Waals surface area (Å²) in [5.41, 5.74) is 1.23. The molecule has 92 valence electrons. The molecule has 0 aromatic heterocycles. The first-order chi connectivity index (χ1) is 7.13. The van der Waals surface area contributed by atoms with Crippen LogP contribution >= 0.6 is 35.0 Å². The van der Waals surface area contributed by atoms with E-state index >= 15 is 0 Å². The van der Waals surface area contributed by atoms with E-state index < -0.39 is 0 Å². The van der Waals surface area contributed by atoms with Crippen molar-refractivity contribution in [2.75, 3.05) is 6.61 Å². The second-order valence-electron chi connectivity index (χ2n) is 3.72. The third kappa shape index (κ3) is 5.37. The third-order valence-electron chi connectivity index (χ3n) is 2.03. The van der Waals surface area contributed by atoms with Gasteiger partial charge in [0.2, 0.25) is 0 Å². The molecule has 0 radical (unpaired) electrons. The van der Waals surface area contributed by atoms with Gasteiger partial charge in [0.05, 0.1) is 6.61 Å². The van der Waals surface area contributed by atoms with Crippen LogP contribution in [0.3, 0.4) is 0 Å². The molecule has 0 spiro atoms. The summed E-state index contributed by atoms with van der Waals surface area (Å²) in [6.07, 6.45) is 0. The fraction of sp³-hybridized carbons (Fsp3) is 0.500. The largest absolute Gasteiger partial charge is 0.494 e. The van der Waals surface area contributed by atoms with Crippen LogP contribution in [0.25, 0.3) is 0 Å². The van der Waals surface area contributed by atoms with Crippen molar-refractivity contribution in [1.82, 2.24) is 5.32 Å². The Morgan fingerprint density at radius 1 is 1.38 bits per heavy atom. The molecule has 0 saturated heterocycles. The molecule has 1 aromatic carbocycles. The Morgan fingerprint density at radius 3 is 2.62 bits per heavy atom. The van der Waals surface area contributed by atoms with Gasteiger partial charge >= 0.3 is 0 Å². The maximum absolute atomic E-state index is 5.61. The molecule has 2 nitrogen and oxygen atoms in total. The van der Waals surface area contributed by atoms with E-state index in [9.17, 15) is 0 Å². The summed E-state index contributed by atoms with van der Waals surface area (Å²) in [4.78, 5) is 0. The summed E-state index contributed by atoms with van der Waals surface area (Å²) in [5.74, 6) is 0.998. The van der Waals surface area contributed by atoms with Gasteiger partial charge in [0.25, 0.3) is 0 Å². The lowest BCUT2D eigenvalue weighted by molar-refractivity contribution is 0.334. The SMILES string of the molecule is CCOc1cc(I)ccc1CNC(C)C.Cl. The monoisotopic (exact) mass is 355 g/mol. The predicted octanol–water partition coefficient (Wildman–Crippen LogP) is 3.61. The van der Waals surface area contributed by atoms with Crippen molar-refractivity contribution in [2.45, 2.75) is 33.4 Å². The van der Waals surface area contributed by atoms with E-state index in [1.54, 1.807) is 0 Å². The Labute approximate surface area is 118 Å². The van der Waals surface area contributed by atoms with E-state index in [1.807, 2.05) is 6.92 Å². The molecule has 0 unspecified atom stereocenters. The number of ether oxygens (including phenoxy) is 1. The second kappa shape index (κ2) is 8.14. The molecule has 0 aliphatic carbocycles. The zero-order valence-electron chi connectivity index (χ0n) is 9.92. The van der Waals surface area contributed by atoms with E-state index in [-0.39, 0.29) is 12.4 Å². The van der Waals surface area contributed by atoms with Crippen LogP contribution in [-0.2, 0) is 6.54 Å². The van der Waals surface area contributed by atoms with E-state index in [1.165, 1.54) is 9.13 Å². The maximum Gasteiger partial charge on any atom is 0.124 e. The van der Waals surface area contributed by atoms with Crippen LogP contribution in [0.5, 0.6) is 5.75 Å². The number of hydrogen-bond donors (Lipinski definition) is 1. The fourth-order valence-corrected chi connectivity index (χ4v) is 1.74. The molecule has 0 amide bonds. The lowest BCUT2D eigenvalue weighted by atomic mass is 10.2. The average molecular weight is 356 g/mol. The van der Waals surface area contributed by atoms with E-state index in [0.29, 0.717) is 6.04 Å².